The maximum Gasteiger partial charge on any atom is 0.263 e. The molecule has 0 aliphatic rings. The van der Waals surface area contributed by atoms with Gasteiger partial charge in [-0.05, 0) is 52.3 Å². The molecule has 2 aromatic carbocycles. The van der Waals surface area contributed by atoms with E-state index in [-0.39, 0.29) is 15.5 Å². The molecule has 0 saturated heterocycles. The Balaban J connectivity index is 2.46. The molecule has 0 atom stereocenters. The summed E-state index contributed by atoms with van der Waals surface area (Å²) in [5, 5.41) is 8.91. The maximum absolute atomic E-state index is 12.4. The lowest BCUT2D eigenvalue weighted by atomic mass is 10.2. The molecule has 4 nitrogen and oxygen atoms in total. The lowest BCUT2D eigenvalue weighted by molar-refractivity contribution is 0.601. The van der Waals surface area contributed by atoms with Crippen molar-refractivity contribution < 1.29 is 8.42 Å². The van der Waals surface area contributed by atoms with Crippen LogP contribution in [0.5, 0.6) is 0 Å². The van der Waals surface area contributed by atoms with Crippen LogP contribution in [0.25, 0.3) is 0 Å². The van der Waals surface area contributed by atoms with Gasteiger partial charge in [-0.1, -0.05) is 27.5 Å². The van der Waals surface area contributed by atoms with Crippen molar-refractivity contribution >= 4 is 59.2 Å². The minimum atomic E-state index is -3.89. The van der Waals surface area contributed by atoms with Gasteiger partial charge in [0.25, 0.3) is 10.0 Å². The molecule has 0 aliphatic carbocycles. The van der Waals surface area contributed by atoms with Gasteiger partial charge in [-0.15, -0.1) is 0 Å². The summed E-state index contributed by atoms with van der Waals surface area (Å²) in [5.74, 6) is 0. The highest BCUT2D eigenvalue weighted by molar-refractivity contribution is 9.11. The molecule has 2 rings (SSSR count). The van der Waals surface area contributed by atoms with E-state index in [9.17, 15) is 8.42 Å². The van der Waals surface area contributed by atoms with Gasteiger partial charge in [0.15, 0.2) is 0 Å². The molecular weight excluding hydrogens is 443 g/mol. The molecule has 0 aliphatic heterocycles. The summed E-state index contributed by atoms with van der Waals surface area (Å²) in [7, 11) is -3.89. The Bertz CT molecular complexity index is 848. The predicted octanol–water partition coefficient (Wildman–Crippen LogP) is 4.54. The van der Waals surface area contributed by atoms with Crippen LogP contribution in [0.1, 0.15) is 5.56 Å². The first-order chi connectivity index (χ1) is 9.83. The highest BCUT2D eigenvalue weighted by Gasteiger charge is 2.19. The van der Waals surface area contributed by atoms with E-state index >= 15 is 0 Å². The van der Waals surface area contributed by atoms with Crippen molar-refractivity contribution in [3.8, 4) is 6.07 Å². The van der Waals surface area contributed by atoms with Crippen molar-refractivity contribution in [2.24, 2.45) is 0 Å². The summed E-state index contributed by atoms with van der Waals surface area (Å²) < 4.78 is 28.6. The number of nitrogens with zero attached hydrogens (tertiary/aromatic N) is 1. The summed E-state index contributed by atoms with van der Waals surface area (Å²) in [6.45, 7) is 0. The second-order valence-corrected chi connectivity index (χ2v) is 7.81. The smallest absolute Gasteiger partial charge is 0.263 e. The van der Waals surface area contributed by atoms with Gasteiger partial charge in [0.05, 0.1) is 22.3 Å². The number of benzene rings is 2. The molecule has 8 heteroatoms. The molecule has 0 unspecified atom stereocenters. The van der Waals surface area contributed by atoms with Crippen LogP contribution in [0.2, 0.25) is 5.02 Å². The van der Waals surface area contributed by atoms with Gasteiger partial charge >= 0.3 is 0 Å². The van der Waals surface area contributed by atoms with E-state index in [1.165, 1.54) is 18.2 Å². The SMILES string of the molecule is N#Cc1ccc(Cl)c(S(=O)(=O)Nc2ccc(Br)cc2Br)c1. The molecule has 0 fully saturated rings. The number of hydrogen-bond acceptors (Lipinski definition) is 3. The number of anilines is 1. The summed E-state index contributed by atoms with van der Waals surface area (Å²) in [6.07, 6.45) is 0. The highest BCUT2D eigenvalue weighted by Crippen LogP contribution is 2.30. The van der Waals surface area contributed by atoms with Crippen LogP contribution in [0.15, 0.2) is 50.2 Å². The molecule has 1 N–H and O–H groups in total. The minimum Gasteiger partial charge on any atom is -0.278 e. The zero-order valence-electron chi connectivity index (χ0n) is 10.3. The van der Waals surface area contributed by atoms with Gasteiger partial charge in [0.1, 0.15) is 4.90 Å². The van der Waals surface area contributed by atoms with Crippen molar-refractivity contribution in [2.45, 2.75) is 4.90 Å². The van der Waals surface area contributed by atoms with E-state index < -0.39 is 10.0 Å². The molecule has 0 heterocycles. The maximum atomic E-state index is 12.4. The Kier molecular flexibility index (Phi) is 4.94. The molecule has 0 bridgehead atoms. The van der Waals surface area contributed by atoms with Crippen molar-refractivity contribution in [3.63, 3.8) is 0 Å². The zero-order valence-corrected chi connectivity index (χ0v) is 15.0. The molecule has 0 saturated carbocycles. The lowest BCUT2D eigenvalue weighted by Gasteiger charge is -2.11. The quantitative estimate of drug-likeness (QED) is 0.747. The monoisotopic (exact) mass is 448 g/mol. The van der Waals surface area contributed by atoms with Crippen molar-refractivity contribution in [2.75, 3.05) is 4.72 Å². The van der Waals surface area contributed by atoms with Crippen molar-refractivity contribution in [3.05, 3.63) is 55.9 Å². The molecular formula is C13H7Br2ClN2O2S. The minimum absolute atomic E-state index is 0.0507. The summed E-state index contributed by atoms with van der Waals surface area (Å²) in [4.78, 5) is -0.141. The van der Waals surface area contributed by atoms with Gasteiger partial charge in [0, 0.05) is 8.95 Å². The third-order valence-corrected chi connectivity index (χ3v) is 5.52. The zero-order chi connectivity index (χ0) is 15.6. The Morgan fingerprint density at radius 2 is 1.86 bits per heavy atom. The number of hydrogen-bond donors (Lipinski definition) is 1. The van der Waals surface area contributed by atoms with Crippen LogP contribution in [0.4, 0.5) is 5.69 Å². The van der Waals surface area contributed by atoms with E-state index in [1.54, 1.807) is 18.2 Å². The van der Waals surface area contributed by atoms with E-state index in [1.807, 2.05) is 6.07 Å². The second kappa shape index (κ2) is 6.36. The second-order valence-electron chi connectivity index (χ2n) is 3.99. The van der Waals surface area contributed by atoms with Gasteiger partial charge in [-0.3, -0.25) is 4.72 Å². The van der Waals surface area contributed by atoms with Crippen LogP contribution >= 0.6 is 43.5 Å². The fraction of sp³-hybridized carbons (Fsp3) is 0. The number of nitriles is 1. The lowest BCUT2D eigenvalue weighted by Crippen LogP contribution is -2.14. The number of nitrogens with one attached hydrogen (secondary N) is 1. The van der Waals surface area contributed by atoms with Crippen molar-refractivity contribution in [1.29, 1.82) is 5.26 Å². The van der Waals surface area contributed by atoms with Crippen LogP contribution in [0.3, 0.4) is 0 Å². The summed E-state index contributed by atoms with van der Waals surface area (Å²) >= 11 is 12.5. The first-order valence-electron chi connectivity index (χ1n) is 5.51. The van der Waals surface area contributed by atoms with Gasteiger partial charge in [0.2, 0.25) is 0 Å². The molecule has 21 heavy (non-hydrogen) atoms. The van der Waals surface area contributed by atoms with Gasteiger partial charge in [-0.25, -0.2) is 8.42 Å². The van der Waals surface area contributed by atoms with E-state index in [0.717, 1.165) is 4.47 Å². The fourth-order valence-electron chi connectivity index (χ4n) is 1.55. The Labute approximate surface area is 144 Å². The Morgan fingerprint density at radius 1 is 1.14 bits per heavy atom. The first-order valence-corrected chi connectivity index (χ1v) is 8.96. The Hall–Kier alpha value is -1.07. The molecule has 0 radical (unpaired) electrons. The van der Waals surface area contributed by atoms with Crippen LogP contribution in [-0.4, -0.2) is 8.42 Å². The first kappa shape index (κ1) is 16.3. The number of halogens is 3. The standard InChI is InChI=1S/C13H7Br2ClN2O2S/c14-9-2-4-12(10(15)6-9)18-21(19,20)13-5-8(7-17)1-3-11(13)16/h1-6,18H. The van der Waals surface area contributed by atoms with Crippen LogP contribution in [0, 0.1) is 11.3 Å². The third-order valence-electron chi connectivity index (χ3n) is 2.53. The van der Waals surface area contributed by atoms with Gasteiger partial charge < -0.3 is 0 Å². The topological polar surface area (TPSA) is 70.0 Å². The number of rotatable bonds is 3. The van der Waals surface area contributed by atoms with Gasteiger partial charge in [-0.2, -0.15) is 5.26 Å². The van der Waals surface area contributed by atoms with Crippen LogP contribution in [-0.2, 0) is 10.0 Å². The number of sulfonamides is 1. The van der Waals surface area contributed by atoms with E-state index in [4.69, 9.17) is 16.9 Å². The summed E-state index contributed by atoms with van der Waals surface area (Å²) in [6, 6.07) is 11.0. The molecule has 0 amide bonds. The largest absolute Gasteiger partial charge is 0.278 e. The van der Waals surface area contributed by atoms with E-state index in [2.05, 4.69) is 36.6 Å². The average molecular weight is 451 g/mol. The fourth-order valence-corrected chi connectivity index (χ4v) is 4.43. The van der Waals surface area contributed by atoms with E-state index in [0.29, 0.717) is 10.2 Å². The predicted molar refractivity (Wildman–Crippen MR) is 88.8 cm³/mol. The Morgan fingerprint density at radius 3 is 2.48 bits per heavy atom. The summed E-state index contributed by atoms with van der Waals surface area (Å²) in [5.41, 5.74) is 0.589. The normalized spacial score (nSPS) is 11.0. The molecule has 108 valence electrons. The molecule has 2 aromatic rings. The molecule has 0 aromatic heterocycles. The average Bonchev–Trinajstić information content (AvgIpc) is 2.42. The van der Waals surface area contributed by atoms with Crippen molar-refractivity contribution in [1.82, 2.24) is 0 Å². The molecule has 0 spiro atoms. The van der Waals surface area contributed by atoms with Crippen LogP contribution < -0.4 is 4.72 Å². The third kappa shape index (κ3) is 3.77. The highest BCUT2D eigenvalue weighted by atomic mass is 79.9.